The summed E-state index contributed by atoms with van der Waals surface area (Å²) in [5.41, 5.74) is -0.326. The van der Waals surface area contributed by atoms with Crippen LogP contribution in [0.3, 0.4) is 0 Å². The molecule has 0 aromatic carbocycles. The summed E-state index contributed by atoms with van der Waals surface area (Å²) in [6, 6.07) is 0.162. The van der Waals surface area contributed by atoms with Gasteiger partial charge in [-0.3, -0.25) is 14.5 Å². The number of nitrogens with zero attached hydrogens (tertiary/aromatic N) is 3. The molecule has 0 bridgehead atoms. The van der Waals surface area contributed by atoms with Crippen LogP contribution in [0.2, 0.25) is 0 Å². The zero-order valence-corrected chi connectivity index (χ0v) is 14.4. The van der Waals surface area contributed by atoms with E-state index < -0.39 is 5.72 Å². The molecule has 132 valence electrons. The first kappa shape index (κ1) is 16.1. The highest BCUT2D eigenvalue weighted by molar-refractivity contribution is 5.81. The van der Waals surface area contributed by atoms with Gasteiger partial charge < -0.3 is 14.9 Å². The number of hydrogen-bond donors (Lipinski definition) is 1. The Morgan fingerprint density at radius 2 is 1.83 bits per heavy atom. The highest BCUT2D eigenvalue weighted by Gasteiger charge is 2.50. The summed E-state index contributed by atoms with van der Waals surface area (Å²) in [5.74, 6) is 0.298. The molecule has 6 nitrogen and oxygen atoms in total. The van der Waals surface area contributed by atoms with Crippen LogP contribution in [0.4, 0.5) is 0 Å². The molecule has 3 saturated heterocycles. The van der Waals surface area contributed by atoms with Gasteiger partial charge >= 0.3 is 0 Å². The van der Waals surface area contributed by atoms with E-state index in [9.17, 15) is 14.7 Å². The van der Waals surface area contributed by atoms with E-state index in [4.69, 9.17) is 0 Å². The Labute approximate surface area is 143 Å². The Morgan fingerprint density at radius 1 is 1.08 bits per heavy atom. The van der Waals surface area contributed by atoms with Crippen molar-refractivity contribution >= 4 is 11.8 Å². The summed E-state index contributed by atoms with van der Waals surface area (Å²) in [5, 5.41) is 11.5. The van der Waals surface area contributed by atoms with Gasteiger partial charge in [0.1, 0.15) is 0 Å². The van der Waals surface area contributed by atoms with Gasteiger partial charge in [-0.25, -0.2) is 0 Å². The van der Waals surface area contributed by atoms with Crippen molar-refractivity contribution in [1.29, 1.82) is 0 Å². The maximum absolute atomic E-state index is 12.4. The van der Waals surface area contributed by atoms with E-state index in [2.05, 4.69) is 11.8 Å². The van der Waals surface area contributed by atoms with Gasteiger partial charge in [0.05, 0.1) is 11.7 Å². The van der Waals surface area contributed by atoms with Crippen LogP contribution < -0.4 is 0 Å². The zero-order chi connectivity index (χ0) is 16.9. The van der Waals surface area contributed by atoms with Gasteiger partial charge in [-0.1, -0.05) is 0 Å². The summed E-state index contributed by atoms with van der Waals surface area (Å²) in [7, 11) is 0. The molecule has 4 rings (SSSR count). The van der Waals surface area contributed by atoms with Crippen LogP contribution in [0.25, 0.3) is 0 Å². The van der Waals surface area contributed by atoms with Crippen molar-refractivity contribution in [2.24, 2.45) is 0 Å². The second-order valence-electron chi connectivity index (χ2n) is 7.66. The van der Waals surface area contributed by atoms with Crippen molar-refractivity contribution in [2.45, 2.75) is 69.7 Å². The van der Waals surface area contributed by atoms with E-state index >= 15 is 0 Å². The monoisotopic (exact) mass is 333 g/mol. The number of carbonyl (C=O) groups excluding carboxylic acids is 2. The minimum atomic E-state index is -1.06. The molecular weight excluding hydrogens is 306 g/mol. The molecule has 4 heterocycles. The molecule has 3 unspecified atom stereocenters. The Bertz CT molecular complexity index is 590. The topological polar surface area (TPSA) is 64.1 Å². The minimum Gasteiger partial charge on any atom is -0.370 e. The van der Waals surface area contributed by atoms with Gasteiger partial charge in [0.25, 0.3) is 0 Å². The number of amides is 2. The second kappa shape index (κ2) is 5.85. The maximum Gasteiger partial charge on any atom is 0.226 e. The predicted octanol–water partition coefficient (Wildman–Crippen LogP) is 1.06. The fourth-order valence-electron chi connectivity index (χ4n) is 4.99. The number of aliphatic hydroxyl groups is 1. The second-order valence-corrected chi connectivity index (χ2v) is 7.66. The third kappa shape index (κ3) is 2.39. The first-order chi connectivity index (χ1) is 11.5. The molecule has 0 aliphatic carbocycles. The van der Waals surface area contributed by atoms with Gasteiger partial charge in [0.2, 0.25) is 11.8 Å². The summed E-state index contributed by atoms with van der Waals surface area (Å²) >= 11 is 0. The number of carbonyl (C=O) groups is 2. The fourth-order valence-corrected chi connectivity index (χ4v) is 4.99. The van der Waals surface area contributed by atoms with Crippen LogP contribution in [-0.4, -0.2) is 69.1 Å². The highest BCUT2D eigenvalue weighted by atomic mass is 16.3. The van der Waals surface area contributed by atoms with E-state index in [0.717, 1.165) is 44.5 Å². The number of hydrogen-bond acceptors (Lipinski definition) is 4. The van der Waals surface area contributed by atoms with Crippen molar-refractivity contribution in [2.75, 3.05) is 19.6 Å². The molecule has 0 spiro atoms. The standard InChI is InChI=1S/C18H27N3O3/c1-13-11-14(19-8-2-5-16(19)22)12-15(20-9-3-6-17(20)23)18(24)7-4-10-21(13)18/h12-14,24H,2-11H2,1H3. The van der Waals surface area contributed by atoms with Crippen molar-refractivity contribution in [3.05, 3.63) is 11.8 Å². The number of rotatable bonds is 2. The van der Waals surface area contributed by atoms with Gasteiger partial charge in [-0.05, 0) is 45.1 Å². The van der Waals surface area contributed by atoms with Crippen LogP contribution in [0.15, 0.2) is 11.8 Å². The molecule has 24 heavy (non-hydrogen) atoms. The molecular formula is C18H27N3O3. The van der Waals surface area contributed by atoms with Crippen molar-refractivity contribution in [3.8, 4) is 0 Å². The van der Waals surface area contributed by atoms with Crippen molar-refractivity contribution in [3.63, 3.8) is 0 Å². The van der Waals surface area contributed by atoms with E-state index in [1.165, 1.54) is 0 Å². The summed E-state index contributed by atoms with van der Waals surface area (Å²) in [6.45, 7) is 4.44. The molecule has 0 saturated carbocycles. The summed E-state index contributed by atoms with van der Waals surface area (Å²) in [6.07, 6.45) is 7.37. The Morgan fingerprint density at radius 3 is 2.50 bits per heavy atom. The highest BCUT2D eigenvalue weighted by Crippen LogP contribution is 2.42. The van der Waals surface area contributed by atoms with E-state index in [1.807, 2.05) is 11.0 Å². The van der Waals surface area contributed by atoms with Gasteiger partial charge in [-0.15, -0.1) is 0 Å². The number of fused-ring (bicyclic) bond motifs is 1. The van der Waals surface area contributed by atoms with Crippen LogP contribution in [0, 0.1) is 0 Å². The van der Waals surface area contributed by atoms with Crippen molar-refractivity contribution < 1.29 is 14.7 Å². The van der Waals surface area contributed by atoms with E-state index in [0.29, 0.717) is 25.8 Å². The summed E-state index contributed by atoms with van der Waals surface area (Å²) < 4.78 is 0. The van der Waals surface area contributed by atoms with Crippen molar-refractivity contribution in [1.82, 2.24) is 14.7 Å². The molecule has 6 heteroatoms. The van der Waals surface area contributed by atoms with Gasteiger partial charge in [0.15, 0.2) is 5.72 Å². The first-order valence-corrected chi connectivity index (χ1v) is 9.32. The SMILES string of the molecule is CC1CC(N2CCCC2=O)C=C(N2CCCC2=O)C2(O)CCCN12. The molecule has 2 amide bonds. The lowest BCUT2D eigenvalue weighted by Gasteiger charge is -2.40. The Balaban J connectivity index is 1.75. The largest absolute Gasteiger partial charge is 0.370 e. The molecule has 0 aromatic heterocycles. The molecule has 0 radical (unpaired) electrons. The van der Waals surface area contributed by atoms with Crippen LogP contribution >= 0.6 is 0 Å². The fraction of sp³-hybridized carbons (Fsp3) is 0.778. The molecule has 3 atom stereocenters. The minimum absolute atomic E-state index is 0.0203. The third-order valence-corrected chi connectivity index (χ3v) is 6.15. The lowest BCUT2D eigenvalue weighted by molar-refractivity contribution is -0.132. The maximum atomic E-state index is 12.4. The third-order valence-electron chi connectivity index (χ3n) is 6.15. The molecule has 1 N–H and O–H groups in total. The molecule has 4 aliphatic heterocycles. The van der Waals surface area contributed by atoms with Gasteiger partial charge in [-0.2, -0.15) is 0 Å². The first-order valence-electron chi connectivity index (χ1n) is 9.32. The predicted molar refractivity (Wildman–Crippen MR) is 88.7 cm³/mol. The van der Waals surface area contributed by atoms with Crippen LogP contribution in [-0.2, 0) is 9.59 Å². The normalized spacial score (nSPS) is 37.8. The molecule has 4 aliphatic rings. The zero-order valence-electron chi connectivity index (χ0n) is 14.4. The number of likely N-dealkylation sites (tertiary alicyclic amines) is 2. The summed E-state index contributed by atoms with van der Waals surface area (Å²) in [4.78, 5) is 30.5. The lowest BCUT2D eigenvalue weighted by Crippen LogP contribution is -2.52. The van der Waals surface area contributed by atoms with Gasteiger partial charge in [0, 0.05) is 38.5 Å². The van der Waals surface area contributed by atoms with E-state index in [-0.39, 0.29) is 23.9 Å². The molecule has 3 fully saturated rings. The smallest absolute Gasteiger partial charge is 0.226 e. The Hall–Kier alpha value is -1.40. The quantitative estimate of drug-likeness (QED) is 0.821. The average molecular weight is 333 g/mol. The average Bonchev–Trinajstić information content (AvgIpc) is 3.23. The Kier molecular flexibility index (Phi) is 3.92. The van der Waals surface area contributed by atoms with E-state index in [1.54, 1.807) is 4.90 Å². The van der Waals surface area contributed by atoms with Crippen LogP contribution in [0.5, 0.6) is 0 Å². The lowest BCUT2D eigenvalue weighted by atomic mass is 10.0. The van der Waals surface area contributed by atoms with Crippen LogP contribution in [0.1, 0.15) is 51.9 Å². The molecule has 0 aromatic rings.